The number of pyridine rings is 1. The maximum Gasteiger partial charge on any atom is 0.416 e. The number of hydrogen-bond donors (Lipinski definition) is 1. The fourth-order valence-corrected chi connectivity index (χ4v) is 2.61. The molecule has 0 aliphatic carbocycles. The molecule has 3 nitrogen and oxygen atoms in total. The molecule has 0 saturated carbocycles. The molecule has 0 amide bonds. The van der Waals surface area contributed by atoms with Crippen LogP contribution in [0.15, 0.2) is 47.6 Å². The number of fused-ring (bicyclic) bond motifs is 1. The van der Waals surface area contributed by atoms with Crippen LogP contribution in [0.2, 0.25) is 0 Å². The number of nitrogens with zero attached hydrogens (tertiary/aromatic N) is 2. The molecule has 0 aliphatic rings. The van der Waals surface area contributed by atoms with Gasteiger partial charge in [0.05, 0.1) is 27.4 Å². The summed E-state index contributed by atoms with van der Waals surface area (Å²) >= 11 is 1.47. The van der Waals surface area contributed by atoms with Crippen LogP contribution < -0.4 is 0 Å². The lowest BCUT2D eigenvalue weighted by molar-refractivity contribution is -0.137. The summed E-state index contributed by atoms with van der Waals surface area (Å²) in [6.45, 7) is 0. The Kier molecular flexibility index (Phi) is 3.59. The van der Waals surface area contributed by atoms with Crippen molar-refractivity contribution in [1.82, 2.24) is 15.0 Å². The Labute approximate surface area is 122 Å². The van der Waals surface area contributed by atoms with E-state index in [2.05, 4.69) is 15.0 Å². The molecule has 108 valence electrons. The number of rotatable bonds is 3. The van der Waals surface area contributed by atoms with E-state index >= 15 is 0 Å². The molecule has 0 bridgehead atoms. The standard InChI is InChI=1S/C14H10F3N3S/c15-14(16,17)9-4-5-10-11(7-9)20-12(19-10)8-21-13-3-1-2-6-18-13/h1-7H,8H2,(H,19,20). The first kappa shape index (κ1) is 13.9. The van der Waals surface area contributed by atoms with Crippen molar-refractivity contribution in [2.24, 2.45) is 0 Å². The molecule has 0 unspecified atom stereocenters. The van der Waals surface area contributed by atoms with Crippen molar-refractivity contribution < 1.29 is 13.2 Å². The summed E-state index contributed by atoms with van der Waals surface area (Å²) in [5.74, 6) is 1.15. The molecule has 0 spiro atoms. The van der Waals surface area contributed by atoms with E-state index in [0.29, 0.717) is 22.6 Å². The SMILES string of the molecule is FC(F)(F)c1ccc2nc(CSc3ccccn3)[nH]c2c1. The number of alkyl halides is 3. The molecule has 1 N–H and O–H groups in total. The molecule has 21 heavy (non-hydrogen) atoms. The van der Waals surface area contributed by atoms with Crippen LogP contribution in [0.3, 0.4) is 0 Å². The van der Waals surface area contributed by atoms with Crippen LogP contribution in [0.25, 0.3) is 11.0 Å². The Morgan fingerprint density at radius 3 is 2.71 bits per heavy atom. The fourth-order valence-electron chi connectivity index (χ4n) is 1.88. The van der Waals surface area contributed by atoms with E-state index in [0.717, 1.165) is 17.2 Å². The molecule has 1 aromatic carbocycles. The monoisotopic (exact) mass is 309 g/mol. The van der Waals surface area contributed by atoms with Crippen molar-refractivity contribution in [3.8, 4) is 0 Å². The molecule has 2 heterocycles. The maximum absolute atomic E-state index is 12.6. The third kappa shape index (κ3) is 3.18. The number of halogens is 3. The summed E-state index contributed by atoms with van der Waals surface area (Å²) in [7, 11) is 0. The van der Waals surface area contributed by atoms with Gasteiger partial charge in [-0.2, -0.15) is 13.2 Å². The molecular weight excluding hydrogens is 299 g/mol. The molecule has 3 aromatic rings. The molecule has 7 heteroatoms. The summed E-state index contributed by atoms with van der Waals surface area (Å²) in [4.78, 5) is 11.4. The zero-order valence-electron chi connectivity index (χ0n) is 10.7. The minimum absolute atomic E-state index is 0.390. The van der Waals surface area contributed by atoms with Crippen LogP contribution in [0.5, 0.6) is 0 Å². The van der Waals surface area contributed by atoms with Crippen molar-refractivity contribution in [3.63, 3.8) is 0 Å². The molecular formula is C14H10F3N3S. The van der Waals surface area contributed by atoms with Gasteiger partial charge in [-0.3, -0.25) is 0 Å². The zero-order valence-corrected chi connectivity index (χ0v) is 11.5. The molecule has 0 saturated heterocycles. The van der Waals surface area contributed by atoms with Gasteiger partial charge in [-0.15, -0.1) is 0 Å². The van der Waals surface area contributed by atoms with Gasteiger partial charge in [0.2, 0.25) is 0 Å². The topological polar surface area (TPSA) is 41.6 Å². The van der Waals surface area contributed by atoms with Crippen molar-refractivity contribution in [2.75, 3.05) is 0 Å². The predicted molar refractivity (Wildman–Crippen MR) is 74.9 cm³/mol. The Balaban J connectivity index is 1.81. The summed E-state index contributed by atoms with van der Waals surface area (Å²) in [5, 5.41) is 0.842. The predicted octanol–water partition coefficient (Wildman–Crippen LogP) is 4.27. The quantitative estimate of drug-likeness (QED) is 0.735. The lowest BCUT2D eigenvalue weighted by Gasteiger charge is -2.05. The molecule has 2 aromatic heterocycles. The smallest absolute Gasteiger partial charge is 0.341 e. The first-order valence-electron chi connectivity index (χ1n) is 6.12. The minimum Gasteiger partial charge on any atom is -0.341 e. The van der Waals surface area contributed by atoms with Crippen molar-refractivity contribution in [3.05, 3.63) is 54.0 Å². The van der Waals surface area contributed by atoms with Crippen molar-refractivity contribution in [2.45, 2.75) is 17.0 Å². The second kappa shape index (κ2) is 5.40. The summed E-state index contributed by atoms with van der Waals surface area (Å²) in [6.07, 6.45) is -2.65. The summed E-state index contributed by atoms with van der Waals surface area (Å²) in [5.41, 5.74) is 0.239. The Hall–Kier alpha value is -2.02. The Bertz CT molecular complexity index is 753. The normalized spacial score (nSPS) is 12.0. The minimum atomic E-state index is -4.35. The van der Waals surface area contributed by atoms with E-state index in [4.69, 9.17) is 0 Å². The van der Waals surface area contributed by atoms with Crippen LogP contribution in [0.4, 0.5) is 13.2 Å². The number of H-pyrrole nitrogens is 1. The number of aromatic amines is 1. The van der Waals surface area contributed by atoms with Crippen LogP contribution in [0.1, 0.15) is 11.4 Å². The first-order chi connectivity index (χ1) is 10.0. The van der Waals surface area contributed by atoms with E-state index in [1.165, 1.54) is 17.8 Å². The van der Waals surface area contributed by atoms with Crippen molar-refractivity contribution in [1.29, 1.82) is 0 Å². The van der Waals surface area contributed by atoms with E-state index < -0.39 is 11.7 Å². The van der Waals surface area contributed by atoms with Crippen LogP contribution in [-0.4, -0.2) is 15.0 Å². The molecule has 0 atom stereocenters. The second-order valence-corrected chi connectivity index (χ2v) is 5.37. The van der Waals surface area contributed by atoms with E-state index in [1.54, 1.807) is 6.20 Å². The molecule has 3 rings (SSSR count). The number of thioether (sulfide) groups is 1. The Morgan fingerprint density at radius 2 is 2.00 bits per heavy atom. The van der Waals surface area contributed by atoms with E-state index in [-0.39, 0.29) is 0 Å². The maximum atomic E-state index is 12.6. The lowest BCUT2D eigenvalue weighted by atomic mass is 10.2. The van der Waals surface area contributed by atoms with Crippen molar-refractivity contribution >= 4 is 22.8 Å². The van der Waals surface area contributed by atoms with Crippen LogP contribution in [-0.2, 0) is 11.9 Å². The average molecular weight is 309 g/mol. The highest BCUT2D eigenvalue weighted by Crippen LogP contribution is 2.31. The summed E-state index contributed by atoms with van der Waals surface area (Å²) in [6, 6.07) is 9.07. The molecule has 0 radical (unpaired) electrons. The molecule has 0 fully saturated rings. The third-order valence-electron chi connectivity index (χ3n) is 2.85. The van der Waals surface area contributed by atoms with Crippen LogP contribution >= 0.6 is 11.8 Å². The summed E-state index contributed by atoms with van der Waals surface area (Å²) < 4.78 is 37.9. The lowest BCUT2D eigenvalue weighted by Crippen LogP contribution is -2.04. The van der Waals surface area contributed by atoms with Gasteiger partial charge in [0.25, 0.3) is 0 Å². The first-order valence-corrected chi connectivity index (χ1v) is 7.10. The number of hydrogen-bond acceptors (Lipinski definition) is 3. The van der Waals surface area contributed by atoms with Gasteiger partial charge in [-0.05, 0) is 30.3 Å². The van der Waals surface area contributed by atoms with Gasteiger partial charge in [-0.1, -0.05) is 17.8 Å². The van der Waals surface area contributed by atoms with Gasteiger partial charge in [0, 0.05) is 6.20 Å². The van der Waals surface area contributed by atoms with Gasteiger partial charge in [0.15, 0.2) is 0 Å². The number of aromatic nitrogens is 3. The van der Waals surface area contributed by atoms with Crippen LogP contribution in [0, 0.1) is 0 Å². The average Bonchev–Trinajstić information content (AvgIpc) is 2.87. The highest BCUT2D eigenvalue weighted by atomic mass is 32.2. The third-order valence-corrected chi connectivity index (χ3v) is 3.81. The van der Waals surface area contributed by atoms with Gasteiger partial charge >= 0.3 is 6.18 Å². The number of imidazole rings is 1. The largest absolute Gasteiger partial charge is 0.416 e. The molecule has 0 aliphatic heterocycles. The fraction of sp³-hybridized carbons (Fsp3) is 0.143. The highest BCUT2D eigenvalue weighted by molar-refractivity contribution is 7.98. The zero-order chi connectivity index (χ0) is 14.9. The van der Waals surface area contributed by atoms with Gasteiger partial charge < -0.3 is 4.98 Å². The van der Waals surface area contributed by atoms with Gasteiger partial charge in [0.1, 0.15) is 5.82 Å². The Morgan fingerprint density at radius 1 is 1.14 bits per heavy atom. The number of nitrogens with one attached hydrogen (secondary N) is 1. The van der Waals surface area contributed by atoms with Gasteiger partial charge in [-0.25, -0.2) is 9.97 Å². The highest BCUT2D eigenvalue weighted by Gasteiger charge is 2.30. The second-order valence-electron chi connectivity index (χ2n) is 4.37. The van der Waals surface area contributed by atoms with E-state index in [1.807, 2.05) is 18.2 Å². The van der Waals surface area contributed by atoms with E-state index in [9.17, 15) is 13.2 Å². The number of benzene rings is 1.